The van der Waals surface area contributed by atoms with Crippen molar-refractivity contribution in [3.05, 3.63) is 23.8 Å². The van der Waals surface area contributed by atoms with Crippen LogP contribution in [0.2, 0.25) is 0 Å². The molecule has 1 unspecified atom stereocenters. The average Bonchev–Trinajstić information content (AvgIpc) is 3.15. The third kappa shape index (κ3) is 3.12. The van der Waals surface area contributed by atoms with Crippen molar-refractivity contribution in [1.82, 2.24) is 15.3 Å². The predicted molar refractivity (Wildman–Crippen MR) is 81.7 cm³/mol. The number of thioether (sulfide) groups is 1. The molecule has 1 aliphatic carbocycles. The maximum Gasteiger partial charge on any atom is 0.166 e. The zero-order chi connectivity index (χ0) is 13.2. The van der Waals surface area contributed by atoms with Gasteiger partial charge in [0.15, 0.2) is 5.16 Å². The van der Waals surface area contributed by atoms with Crippen LogP contribution in [-0.2, 0) is 0 Å². The molecule has 0 aliphatic heterocycles. The van der Waals surface area contributed by atoms with Crippen LogP contribution in [0, 0.1) is 12.8 Å². The van der Waals surface area contributed by atoms with Crippen molar-refractivity contribution in [2.24, 2.45) is 5.92 Å². The van der Waals surface area contributed by atoms with Gasteiger partial charge in [0.2, 0.25) is 0 Å². The molecule has 2 N–H and O–H groups in total. The van der Waals surface area contributed by atoms with Gasteiger partial charge in [-0.3, -0.25) is 0 Å². The van der Waals surface area contributed by atoms with Gasteiger partial charge in [-0.05, 0) is 49.9 Å². The third-order valence-corrected chi connectivity index (χ3v) is 4.67. The molecular weight excluding hydrogens is 254 g/mol. The lowest BCUT2D eigenvalue weighted by atomic mass is 10.2. The number of imidazole rings is 1. The summed E-state index contributed by atoms with van der Waals surface area (Å²) < 4.78 is 0. The highest BCUT2D eigenvalue weighted by Crippen LogP contribution is 2.35. The number of H-pyrrole nitrogens is 1. The molecule has 1 atom stereocenters. The number of hydrogen-bond donors (Lipinski definition) is 2. The van der Waals surface area contributed by atoms with E-state index < -0.39 is 0 Å². The SMILES string of the molecule is CCNC(CSc1nc2ccc(C)cc2[nH]1)C1CC1. The van der Waals surface area contributed by atoms with E-state index in [9.17, 15) is 0 Å². The van der Waals surface area contributed by atoms with Gasteiger partial charge in [-0.1, -0.05) is 24.8 Å². The van der Waals surface area contributed by atoms with Gasteiger partial charge in [-0.25, -0.2) is 4.98 Å². The number of fused-ring (bicyclic) bond motifs is 1. The van der Waals surface area contributed by atoms with Crippen LogP contribution in [0.1, 0.15) is 25.3 Å². The number of nitrogens with one attached hydrogen (secondary N) is 2. The Hall–Kier alpha value is -1.00. The van der Waals surface area contributed by atoms with E-state index in [1.165, 1.54) is 18.4 Å². The molecule has 1 fully saturated rings. The molecule has 0 bridgehead atoms. The van der Waals surface area contributed by atoms with E-state index >= 15 is 0 Å². The zero-order valence-electron chi connectivity index (χ0n) is 11.6. The summed E-state index contributed by atoms with van der Waals surface area (Å²) in [6, 6.07) is 7.01. The first kappa shape index (κ1) is 13.0. The second kappa shape index (κ2) is 5.55. The van der Waals surface area contributed by atoms with Crippen molar-refractivity contribution < 1.29 is 0 Å². The van der Waals surface area contributed by atoms with Crippen molar-refractivity contribution >= 4 is 22.8 Å². The largest absolute Gasteiger partial charge is 0.333 e. The molecule has 19 heavy (non-hydrogen) atoms. The number of aromatic amines is 1. The molecule has 1 aromatic heterocycles. The van der Waals surface area contributed by atoms with E-state index in [4.69, 9.17) is 0 Å². The summed E-state index contributed by atoms with van der Waals surface area (Å²) in [5, 5.41) is 4.64. The maximum atomic E-state index is 4.65. The van der Waals surface area contributed by atoms with Crippen LogP contribution in [0.25, 0.3) is 11.0 Å². The summed E-state index contributed by atoms with van der Waals surface area (Å²) >= 11 is 1.84. The lowest BCUT2D eigenvalue weighted by Gasteiger charge is -2.15. The Morgan fingerprint density at radius 3 is 3.05 bits per heavy atom. The van der Waals surface area contributed by atoms with Gasteiger partial charge < -0.3 is 10.3 Å². The lowest BCUT2D eigenvalue weighted by Crippen LogP contribution is -2.33. The molecule has 1 aliphatic rings. The fraction of sp³-hybridized carbons (Fsp3) is 0.533. The molecule has 0 amide bonds. The van der Waals surface area contributed by atoms with E-state index in [-0.39, 0.29) is 0 Å². The first-order chi connectivity index (χ1) is 9.26. The quantitative estimate of drug-likeness (QED) is 0.794. The molecule has 4 heteroatoms. The summed E-state index contributed by atoms with van der Waals surface area (Å²) in [7, 11) is 0. The van der Waals surface area contributed by atoms with E-state index in [0.29, 0.717) is 6.04 Å². The number of aryl methyl sites for hydroxylation is 1. The normalized spacial score (nSPS) is 16.9. The molecule has 0 saturated heterocycles. The van der Waals surface area contributed by atoms with Crippen molar-refractivity contribution in [3.8, 4) is 0 Å². The van der Waals surface area contributed by atoms with Crippen LogP contribution < -0.4 is 5.32 Å². The molecule has 1 aromatic carbocycles. The highest BCUT2D eigenvalue weighted by Gasteiger charge is 2.30. The van der Waals surface area contributed by atoms with Gasteiger partial charge >= 0.3 is 0 Å². The van der Waals surface area contributed by atoms with E-state index in [2.05, 4.69) is 47.3 Å². The second-order valence-corrected chi connectivity index (χ2v) is 6.38. The van der Waals surface area contributed by atoms with Crippen LogP contribution >= 0.6 is 11.8 Å². The Morgan fingerprint density at radius 2 is 2.32 bits per heavy atom. The number of rotatable bonds is 6. The minimum atomic E-state index is 0.643. The first-order valence-electron chi connectivity index (χ1n) is 7.09. The predicted octanol–water partition coefficient (Wildman–Crippen LogP) is 3.35. The molecule has 0 radical (unpaired) electrons. The lowest BCUT2D eigenvalue weighted by molar-refractivity contribution is 0.519. The molecule has 3 rings (SSSR count). The number of aromatic nitrogens is 2. The molecule has 3 nitrogen and oxygen atoms in total. The Balaban J connectivity index is 1.67. The molecular formula is C15H21N3S. The Bertz CT molecular complexity index is 560. The van der Waals surface area contributed by atoms with Crippen molar-refractivity contribution in [3.63, 3.8) is 0 Å². The molecule has 0 spiro atoms. The van der Waals surface area contributed by atoms with Gasteiger partial charge in [0.1, 0.15) is 0 Å². The Morgan fingerprint density at radius 1 is 1.47 bits per heavy atom. The van der Waals surface area contributed by atoms with E-state index in [1.807, 2.05) is 11.8 Å². The minimum Gasteiger partial charge on any atom is -0.333 e. The van der Waals surface area contributed by atoms with Crippen molar-refractivity contribution in [1.29, 1.82) is 0 Å². The van der Waals surface area contributed by atoms with Crippen molar-refractivity contribution in [2.75, 3.05) is 12.3 Å². The van der Waals surface area contributed by atoms with Crippen LogP contribution in [0.3, 0.4) is 0 Å². The summed E-state index contributed by atoms with van der Waals surface area (Å²) in [4.78, 5) is 8.06. The smallest absolute Gasteiger partial charge is 0.166 e. The summed E-state index contributed by atoms with van der Waals surface area (Å²) in [5.74, 6) is 2.00. The Kier molecular flexibility index (Phi) is 3.80. The van der Waals surface area contributed by atoms with Crippen LogP contribution in [0.5, 0.6) is 0 Å². The summed E-state index contributed by atoms with van der Waals surface area (Å²) in [6.07, 6.45) is 2.77. The highest BCUT2D eigenvalue weighted by atomic mass is 32.2. The fourth-order valence-corrected chi connectivity index (χ4v) is 3.53. The second-order valence-electron chi connectivity index (χ2n) is 5.38. The number of benzene rings is 1. The summed E-state index contributed by atoms with van der Waals surface area (Å²) in [6.45, 7) is 5.35. The van der Waals surface area contributed by atoms with Gasteiger partial charge in [0.05, 0.1) is 11.0 Å². The van der Waals surface area contributed by atoms with Gasteiger partial charge in [-0.2, -0.15) is 0 Å². The van der Waals surface area contributed by atoms with Crippen LogP contribution in [0.4, 0.5) is 0 Å². The molecule has 1 heterocycles. The molecule has 1 saturated carbocycles. The topological polar surface area (TPSA) is 40.7 Å². The monoisotopic (exact) mass is 275 g/mol. The van der Waals surface area contributed by atoms with Gasteiger partial charge in [-0.15, -0.1) is 0 Å². The van der Waals surface area contributed by atoms with E-state index in [1.54, 1.807) is 0 Å². The summed E-state index contributed by atoms with van der Waals surface area (Å²) in [5.41, 5.74) is 3.49. The maximum absolute atomic E-state index is 4.65. The highest BCUT2D eigenvalue weighted by molar-refractivity contribution is 7.99. The molecule has 2 aromatic rings. The van der Waals surface area contributed by atoms with Crippen LogP contribution in [-0.4, -0.2) is 28.3 Å². The van der Waals surface area contributed by atoms with Crippen LogP contribution in [0.15, 0.2) is 23.4 Å². The Labute approximate surface area is 118 Å². The third-order valence-electron chi connectivity index (χ3n) is 3.67. The fourth-order valence-electron chi connectivity index (χ4n) is 2.46. The first-order valence-corrected chi connectivity index (χ1v) is 8.07. The van der Waals surface area contributed by atoms with E-state index in [0.717, 1.165) is 34.4 Å². The molecule has 102 valence electrons. The van der Waals surface area contributed by atoms with Crippen molar-refractivity contribution in [2.45, 2.75) is 37.9 Å². The minimum absolute atomic E-state index is 0.643. The standard InChI is InChI=1S/C15H21N3S/c1-3-16-14(11-5-6-11)9-19-15-17-12-7-4-10(2)8-13(12)18-15/h4,7-8,11,14,16H,3,5-6,9H2,1-2H3,(H,17,18). The number of hydrogen-bond acceptors (Lipinski definition) is 3. The number of nitrogens with zero attached hydrogens (tertiary/aromatic N) is 1. The average molecular weight is 275 g/mol. The zero-order valence-corrected chi connectivity index (χ0v) is 12.4. The van der Waals surface area contributed by atoms with Gasteiger partial charge in [0, 0.05) is 11.8 Å². The van der Waals surface area contributed by atoms with Gasteiger partial charge in [0.25, 0.3) is 0 Å².